The molecule has 2 aromatic carbocycles. The number of hydrogen-bond acceptors (Lipinski definition) is 4. The number of imidazole rings is 1. The van der Waals surface area contributed by atoms with Gasteiger partial charge in [0.2, 0.25) is 5.91 Å². The number of carbonyl (C=O) groups is 1. The van der Waals surface area contributed by atoms with Crippen LogP contribution in [-0.2, 0) is 11.3 Å². The number of nitrogens with two attached hydrogens (primary N) is 1. The van der Waals surface area contributed by atoms with E-state index < -0.39 is 12.4 Å². The Kier molecular flexibility index (Phi) is 3.94. The van der Waals surface area contributed by atoms with E-state index in [1.165, 1.54) is 0 Å². The van der Waals surface area contributed by atoms with Crippen LogP contribution in [-0.4, -0.2) is 33.1 Å². The summed E-state index contributed by atoms with van der Waals surface area (Å²) in [6.07, 6.45) is 6.17. The Bertz CT molecular complexity index is 1510. The fraction of sp³-hybridized carbons (Fsp3) is 0.192. The zero-order chi connectivity index (χ0) is 24.3. The zero-order valence-corrected chi connectivity index (χ0v) is 17.8. The maximum atomic E-state index is 12.9. The van der Waals surface area contributed by atoms with Crippen LogP contribution in [0.4, 0.5) is 5.69 Å². The van der Waals surface area contributed by atoms with Crippen LogP contribution >= 0.6 is 0 Å². The van der Waals surface area contributed by atoms with Gasteiger partial charge in [0.25, 0.3) is 0 Å². The molecule has 0 bridgehead atoms. The highest BCUT2D eigenvalue weighted by molar-refractivity contribution is 5.97. The summed E-state index contributed by atoms with van der Waals surface area (Å²) in [6, 6.07) is 17.6. The lowest BCUT2D eigenvalue weighted by molar-refractivity contribution is -0.120. The summed E-state index contributed by atoms with van der Waals surface area (Å²) in [7, 11) is 0. The van der Waals surface area contributed by atoms with Gasteiger partial charge in [-0.2, -0.15) is 5.26 Å². The Morgan fingerprint density at radius 2 is 2.03 bits per heavy atom. The molecule has 2 aromatic heterocycles. The fourth-order valence-corrected chi connectivity index (χ4v) is 4.79. The molecule has 2 aliphatic rings. The third kappa shape index (κ3) is 3.07. The summed E-state index contributed by atoms with van der Waals surface area (Å²) in [6.45, 7) is -1.01. The number of nitriles is 1. The van der Waals surface area contributed by atoms with Crippen molar-refractivity contribution in [3.8, 4) is 34.4 Å². The average molecular weight is 437 g/mol. The van der Waals surface area contributed by atoms with E-state index >= 15 is 0 Å². The molecule has 0 radical (unpaired) electrons. The quantitative estimate of drug-likeness (QED) is 0.468. The molecule has 6 rings (SSSR count). The van der Waals surface area contributed by atoms with Gasteiger partial charge in [-0.05, 0) is 53.9 Å². The first-order valence-electron chi connectivity index (χ1n) is 11.8. The number of hydrogen-bond donors (Lipinski definition) is 1. The van der Waals surface area contributed by atoms with Gasteiger partial charge in [-0.1, -0.05) is 12.1 Å². The van der Waals surface area contributed by atoms with Gasteiger partial charge in [-0.25, -0.2) is 4.98 Å². The molecule has 2 N–H and O–H groups in total. The normalized spacial score (nSPS) is 18.0. The van der Waals surface area contributed by atoms with E-state index in [4.69, 9.17) is 13.7 Å². The van der Waals surface area contributed by atoms with E-state index in [1.807, 2.05) is 53.2 Å². The van der Waals surface area contributed by atoms with Crippen molar-refractivity contribution in [2.45, 2.75) is 13.0 Å². The van der Waals surface area contributed by atoms with Crippen molar-refractivity contribution in [2.75, 3.05) is 17.9 Å². The van der Waals surface area contributed by atoms with Crippen molar-refractivity contribution in [3.63, 3.8) is 0 Å². The zero-order valence-electron chi connectivity index (χ0n) is 19.8. The standard InChI is InChI=1S/C26H22N6O/c27-13-17-1-3-18(4-2-17)20-12-24-25-29-8-10-32(25)23-6-5-22(11-21(23)16-30(24)15-20)31-9-7-19(14-28)26(31)33/h1-6,8,10-12,15,19H,7,9,14,16,28H2/i14D2. The Labute approximate surface area is 194 Å². The molecule has 1 unspecified atom stereocenters. The summed E-state index contributed by atoms with van der Waals surface area (Å²) in [5.74, 6) is -0.295. The minimum absolute atomic E-state index is 0.279. The van der Waals surface area contributed by atoms with E-state index in [0.717, 1.165) is 39.6 Å². The van der Waals surface area contributed by atoms with Crippen molar-refractivity contribution in [3.05, 3.63) is 78.2 Å². The van der Waals surface area contributed by atoms with Crippen molar-refractivity contribution >= 4 is 11.6 Å². The topological polar surface area (TPSA) is 92.9 Å². The summed E-state index contributed by atoms with van der Waals surface area (Å²) >= 11 is 0. The second-order valence-electron chi connectivity index (χ2n) is 8.36. The molecule has 0 aliphatic carbocycles. The number of carbonyl (C=O) groups excluding carboxylic acids is 1. The number of aromatic nitrogens is 3. The first kappa shape index (κ1) is 17.4. The van der Waals surface area contributed by atoms with Crippen molar-refractivity contribution in [2.24, 2.45) is 11.7 Å². The van der Waals surface area contributed by atoms with Crippen LogP contribution in [0.25, 0.3) is 28.3 Å². The molecular formula is C26H22N6O. The summed E-state index contributed by atoms with van der Waals surface area (Å²) < 4.78 is 19.8. The molecule has 162 valence electrons. The van der Waals surface area contributed by atoms with E-state index in [-0.39, 0.29) is 5.91 Å². The number of anilines is 1. The molecular weight excluding hydrogens is 412 g/mol. The summed E-state index contributed by atoms with van der Waals surface area (Å²) in [5.41, 5.74) is 12.0. The van der Waals surface area contributed by atoms with Gasteiger partial charge >= 0.3 is 0 Å². The molecule has 1 amide bonds. The van der Waals surface area contributed by atoms with Crippen LogP contribution in [0.5, 0.6) is 0 Å². The molecule has 4 heterocycles. The monoisotopic (exact) mass is 436 g/mol. The van der Waals surface area contributed by atoms with Crippen molar-refractivity contribution in [1.82, 2.24) is 14.1 Å². The molecule has 4 aromatic rings. The van der Waals surface area contributed by atoms with Gasteiger partial charge in [0.1, 0.15) is 0 Å². The number of amides is 1. The van der Waals surface area contributed by atoms with Crippen LogP contribution in [0.1, 0.15) is 20.3 Å². The van der Waals surface area contributed by atoms with Crippen LogP contribution in [0, 0.1) is 17.2 Å². The second-order valence-corrected chi connectivity index (χ2v) is 8.36. The van der Waals surface area contributed by atoms with Crippen molar-refractivity contribution < 1.29 is 7.54 Å². The molecule has 1 fully saturated rings. The number of benzene rings is 2. The average Bonchev–Trinajstić information content (AvgIpc) is 3.56. The Morgan fingerprint density at radius 1 is 1.18 bits per heavy atom. The fourth-order valence-electron chi connectivity index (χ4n) is 4.79. The predicted octanol–water partition coefficient (Wildman–Crippen LogP) is 3.55. The first-order valence-corrected chi connectivity index (χ1v) is 10.8. The molecule has 7 heteroatoms. The second kappa shape index (κ2) is 7.47. The Hall–Kier alpha value is -4.15. The minimum Gasteiger partial charge on any atom is -0.340 e. The number of fused-ring (bicyclic) bond motifs is 5. The van der Waals surface area contributed by atoms with Crippen LogP contribution in [0.15, 0.2) is 67.1 Å². The molecule has 1 atom stereocenters. The molecule has 7 nitrogen and oxygen atoms in total. The highest BCUT2D eigenvalue weighted by Crippen LogP contribution is 2.36. The van der Waals surface area contributed by atoms with Gasteiger partial charge in [0.05, 0.1) is 28.9 Å². The van der Waals surface area contributed by atoms with E-state index in [1.54, 1.807) is 11.1 Å². The largest absolute Gasteiger partial charge is 0.340 e. The molecule has 0 saturated carbocycles. The van der Waals surface area contributed by atoms with E-state index in [2.05, 4.69) is 27.9 Å². The van der Waals surface area contributed by atoms with E-state index in [9.17, 15) is 4.79 Å². The van der Waals surface area contributed by atoms with Gasteiger partial charge in [-0.15, -0.1) is 0 Å². The Morgan fingerprint density at radius 3 is 2.79 bits per heavy atom. The van der Waals surface area contributed by atoms with Crippen molar-refractivity contribution in [1.29, 1.82) is 5.26 Å². The smallest absolute Gasteiger partial charge is 0.231 e. The highest BCUT2D eigenvalue weighted by atomic mass is 16.2. The lowest BCUT2D eigenvalue weighted by Crippen LogP contribution is -2.30. The molecule has 1 saturated heterocycles. The van der Waals surface area contributed by atoms with Gasteiger partial charge in [0.15, 0.2) is 5.82 Å². The van der Waals surface area contributed by atoms with Gasteiger partial charge < -0.3 is 15.2 Å². The SMILES string of the molecule is [2H]C([2H])(N)C1CCN(c2ccc3c(c2)Cn2cc(-c4ccc(C#N)cc4)cc2-c2nccn2-3)C1=O. The predicted molar refractivity (Wildman–Crippen MR) is 126 cm³/mol. The van der Waals surface area contributed by atoms with Crippen LogP contribution in [0.3, 0.4) is 0 Å². The number of nitrogens with zero attached hydrogens (tertiary/aromatic N) is 5. The Balaban J connectivity index is 1.40. The first-order chi connectivity index (χ1) is 16.8. The third-order valence-corrected chi connectivity index (χ3v) is 6.50. The maximum absolute atomic E-state index is 12.9. The van der Waals surface area contributed by atoms with Crippen LogP contribution < -0.4 is 10.6 Å². The third-order valence-electron chi connectivity index (χ3n) is 6.50. The molecule has 2 aliphatic heterocycles. The van der Waals surface area contributed by atoms with Crippen LogP contribution in [0.2, 0.25) is 0 Å². The summed E-state index contributed by atoms with van der Waals surface area (Å²) in [4.78, 5) is 19.2. The highest BCUT2D eigenvalue weighted by Gasteiger charge is 2.32. The number of rotatable bonds is 3. The lowest BCUT2D eigenvalue weighted by atomic mass is 10.1. The molecule has 0 spiro atoms. The molecule has 33 heavy (non-hydrogen) atoms. The minimum atomic E-state index is -2.04. The van der Waals surface area contributed by atoms with Gasteiger partial charge in [-0.3, -0.25) is 9.36 Å². The van der Waals surface area contributed by atoms with E-state index in [0.29, 0.717) is 25.1 Å². The maximum Gasteiger partial charge on any atom is 0.231 e. The summed E-state index contributed by atoms with van der Waals surface area (Å²) in [5, 5.41) is 9.10. The van der Waals surface area contributed by atoms with Gasteiger partial charge in [0, 0.05) is 52.2 Å². The lowest BCUT2D eigenvalue weighted by Gasteiger charge is -2.19.